The lowest BCUT2D eigenvalue weighted by atomic mass is 10.0. The molecule has 5 heterocycles. The first kappa shape index (κ1) is 32.0. The van der Waals surface area contributed by atoms with Crippen molar-refractivity contribution in [2.75, 3.05) is 32.0 Å². The molecule has 11 nitrogen and oxygen atoms in total. The summed E-state index contributed by atoms with van der Waals surface area (Å²) in [4.78, 5) is 24.8. The second-order valence-corrected chi connectivity index (χ2v) is 13.2. The van der Waals surface area contributed by atoms with Crippen LogP contribution in [-0.4, -0.2) is 78.6 Å². The van der Waals surface area contributed by atoms with Gasteiger partial charge in [-0.05, 0) is 67.9 Å². The number of amides is 1. The summed E-state index contributed by atoms with van der Waals surface area (Å²) >= 11 is 0. The number of aryl methyl sites for hydroxylation is 2. The predicted molar refractivity (Wildman–Crippen MR) is 186 cm³/mol. The lowest BCUT2D eigenvalue weighted by Crippen LogP contribution is -2.41. The van der Waals surface area contributed by atoms with E-state index in [0.29, 0.717) is 18.2 Å². The zero-order chi connectivity index (χ0) is 33.2. The Balaban J connectivity index is 0.971. The number of nitrogens with two attached hydrogens (primary N) is 1. The summed E-state index contributed by atoms with van der Waals surface area (Å²) in [6.45, 7) is 5.60. The molecular formula is C37H44N8O3. The fourth-order valence-electron chi connectivity index (χ4n) is 7.21. The number of carbonyl (C=O) groups excluding carboxylic acids is 1. The average molecular weight is 649 g/mol. The Morgan fingerprint density at radius 2 is 1.75 bits per heavy atom. The number of hydrogen-bond donors (Lipinski definition) is 3. The average Bonchev–Trinajstić information content (AvgIpc) is 3.83. The molecule has 0 unspecified atom stereocenters. The van der Waals surface area contributed by atoms with Crippen molar-refractivity contribution < 1.29 is 14.6 Å². The van der Waals surface area contributed by atoms with Gasteiger partial charge in [-0.2, -0.15) is 5.10 Å². The molecule has 1 amide bonds. The Morgan fingerprint density at radius 3 is 2.50 bits per heavy atom. The summed E-state index contributed by atoms with van der Waals surface area (Å²) in [7, 11) is 1.85. The third-order valence-electron chi connectivity index (χ3n) is 9.96. The lowest BCUT2D eigenvalue weighted by molar-refractivity contribution is 0.0272. The minimum atomic E-state index is -0.241. The molecule has 0 spiro atoms. The summed E-state index contributed by atoms with van der Waals surface area (Å²) < 4.78 is 10.4. The van der Waals surface area contributed by atoms with Crippen LogP contribution in [0.15, 0.2) is 67.4 Å². The second-order valence-electron chi connectivity index (χ2n) is 13.2. The van der Waals surface area contributed by atoms with Crippen LogP contribution in [0.4, 0.5) is 5.82 Å². The molecule has 2 atom stereocenters. The van der Waals surface area contributed by atoms with E-state index in [4.69, 9.17) is 15.5 Å². The quantitative estimate of drug-likeness (QED) is 0.195. The van der Waals surface area contributed by atoms with Crippen molar-refractivity contribution in [3.63, 3.8) is 0 Å². The van der Waals surface area contributed by atoms with E-state index in [1.807, 2.05) is 19.4 Å². The van der Waals surface area contributed by atoms with Crippen LogP contribution < -0.4 is 11.1 Å². The maximum Gasteiger partial charge on any atom is 0.255 e. The Morgan fingerprint density at radius 1 is 0.979 bits per heavy atom. The molecule has 5 aromatic rings. The van der Waals surface area contributed by atoms with Gasteiger partial charge in [0, 0.05) is 79.6 Å². The number of aliphatic hydroxyl groups excluding tert-OH is 1. The molecule has 4 N–H and O–H groups in total. The van der Waals surface area contributed by atoms with Crippen molar-refractivity contribution in [2.24, 2.45) is 7.05 Å². The molecule has 0 radical (unpaired) electrons. The van der Waals surface area contributed by atoms with E-state index in [-0.39, 0.29) is 30.5 Å². The maximum atomic E-state index is 13.3. The molecule has 1 aliphatic carbocycles. The van der Waals surface area contributed by atoms with Crippen LogP contribution in [0, 0.1) is 6.92 Å². The van der Waals surface area contributed by atoms with Crippen LogP contribution in [0.1, 0.15) is 59.6 Å². The van der Waals surface area contributed by atoms with E-state index in [2.05, 4.69) is 68.3 Å². The Hall–Kier alpha value is -4.58. The molecule has 250 valence electrons. The summed E-state index contributed by atoms with van der Waals surface area (Å²) in [5, 5.41) is 17.8. The van der Waals surface area contributed by atoms with Crippen molar-refractivity contribution >= 4 is 22.8 Å². The Labute approximate surface area is 280 Å². The summed E-state index contributed by atoms with van der Waals surface area (Å²) in [5.41, 5.74) is 13.7. The van der Waals surface area contributed by atoms with Crippen molar-refractivity contribution in [1.29, 1.82) is 0 Å². The van der Waals surface area contributed by atoms with Crippen LogP contribution in [-0.2, 0) is 18.4 Å². The fourth-order valence-corrected chi connectivity index (χ4v) is 7.21. The minimum Gasteiger partial charge on any atom is -0.395 e. The van der Waals surface area contributed by atoms with Crippen LogP contribution >= 0.6 is 0 Å². The van der Waals surface area contributed by atoms with Crippen LogP contribution in [0.25, 0.3) is 33.3 Å². The van der Waals surface area contributed by atoms with Gasteiger partial charge in [-0.1, -0.05) is 24.3 Å². The van der Waals surface area contributed by atoms with Crippen LogP contribution in [0.5, 0.6) is 0 Å². The van der Waals surface area contributed by atoms with Crippen LogP contribution in [0.3, 0.4) is 0 Å². The number of fused-ring (bicyclic) bond motifs is 1. The van der Waals surface area contributed by atoms with Gasteiger partial charge in [0.25, 0.3) is 5.91 Å². The van der Waals surface area contributed by atoms with Gasteiger partial charge in [0.2, 0.25) is 0 Å². The molecule has 1 aromatic carbocycles. The normalized spacial score (nSPS) is 18.9. The number of aliphatic hydroxyl groups is 1. The van der Waals surface area contributed by atoms with Crippen LogP contribution in [0.2, 0.25) is 0 Å². The number of nitrogen functional groups attached to an aromatic ring is 1. The van der Waals surface area contributed by atoms with E-state index in [1.165, 1.54) is 10.9 Å². The van der Waals surface area contributed by atoms with Crippen molar-refractivity contribution in [3.8, 4) is 22.3 Å². The standard InChI is InChI=1S/C37H44N8O3/c1-24-21-45(30-10-12-44(13-11-30)14-15-46)36-31(24)16-27(19-40-36)26-8-6-25(7-9-26)23-48-34-5-3-4-33(34)42-37(47)32-17-28(18-39-35(32)38)29-20-41-43(2)22-29/h6-9,16-22,30,33-34,46H,3-5,10-15,23H2,1-2H3,(H2,38,39)(H,42,47)/t33-,34-/m0/s1. The molecule has 48 heavy (non-hydrogen) atoms. The number of rotatable bonds is 10. The molecule has 4 aromatic heterocycles. The van der Waals surface area contributed by atoms with Gasteiger partial charge in [-0.25, -0.2) is 9.97 Å². The first-order valence-corrected chi connectivity index (χ1v) is 16.9. The van der Waals surface area contributed by atoms with Crippen molar-refractivity contribution in [2.45, 2.75) is 63.8 Å². The van der Waals surface area contributed by atoms with Gasteiger partial charge in [0.05, 0.1) is 37.1 Å². The number of pyridine rings is 2. The van der Waals surface area contributed by atoms with E-state index in [1.54, 1.807) is 23.1 Å². The monoisotopic (exact) mass is 648 g/mol. The topological polar surface area (TPSA) is 136 Å². The smallest absolute Gasteiger partial charge is 0.255 e. The van der Waals surface area contributed by atoms with Crippen molar-refractivity contribution in [1.82, 2.24) is 34.5 Å². The largest absolute Gasteiger partial charge is 0.395 e. The van der Waals surface area contributed by atoms with Crippen molar-refractivity contribution in [3.05, 3.63) is 84.1 Å². The third kappa shape index (κ3) is 6.71. The zero-order valence-electron chi connectivity index (χ0n) is 27.7. The Kier molecular flexibility index (Phi) is 9.25. The fraction of sp³-hybridized carbons (Fsp3) is 0.405. The minimum absolute atomic E-state index is 0.0788. The number of hydrogen-bond acceptors (Lipinski definition) is 8. The molecule has 11 heteroatoms. The predicted octanol–water partition coefficient (Wildman–Crippen LogP) is 4.89. The first-order valence-electron chi connectivity index (χ1n) is 16.9. The van der Waals surface area contributed by atoms with Gasteiger partial charge in [0.1, 0.15) is 11.5 Å². The first-order chi connectivity index (χ1) is 23.4. The van der Waals surface area contributed by atoms with Gasteiger partial charge in [0.15, 0.2) is 0 Å². The van der Waals surface area contributed by atoms with E-state index in [0.717, 1.165) is 85.2 Å². The second kappa shape index (κ2) is 13.9. The molecule has 1 aliphatic heterocycles. The van der Waals surface area contributed by atoms with E-state index in [9.17, 15) is 9.90 Å². The Bertz CT molecular complexity index is 1890. The number of benzene rings is 1. The number of nitrogens with zero attached hydrogens (tertiary/aromatic N) is 6. The zero-order valence-corrected chi connectivity index (χ0v) is 27.7. The summed E-state index contributed by atoms with van der Waals surface area (Å²) in [5.74, 6) is -0.0384. The molecule has 1 saturated heterocycles. The maximum absolute atomic E-state index is 13.3. The molecule has 2 aliphatic rings. The number of carbonyl (C=O) groups is 1. The van der Waals surface area contributed by atoms with E-state index >= 15 is 0 Å². The third-order valence-corrected chi connectivity index (χ3v) is 9.96. The number of aromatic nitrogens is 5. The number of likely N-dealkylation sites (tertiary alicyclic amines) is 1. The van der Waals surface area contributed by atoms with Gasteiger partial charge in [-0.3, -0.25) is 9.48 Å². The number of ether oxygens (including phenoxy) is 1. The highest BCUT2D eigenvalue weighted by molar-refractivity contribution is 5.99. The number of β-amino-alcohol motifs (C(OH)–C–C–N with tert-alkyl or cyclic N) is 1. The lowest BCUT2D eigenvalue weighted by Gasteiger charge is -2.32. The summed E-state index contributed by atoms with van der Waals surface area (Å²) in [6, 6.07) is 12.8. The molecular weight excluding hydrogens is 604 g/mol. The summed E-state index contributed by atoms with van der Waals surface area (Å²) in [6.07, 6.45) is 14.3. The molecule has 1 saturated carbocycles. The van der Waals surface area contributed by atoms with Gasteiger partial charge >= 0.3 is 0 Å². The van der Waals surface area contributed by atoms with Gasteiger partial charge in [-0.15, -0.1) is 0 Å². The molecule has 2 fully saturated rings. The SMILES string of the molecule is Cc1cn(C2CCN(CCO)CC2)c2ncc(-c3ccc(CO[C@H]4CCC[C@@H]4NC(=O)c4cc(-c5cnn(C)c5)cnc4N)cc3)cc12. The number of nitrogens with one attached hydrogen (secondary N) is 1. The van der Waals surface area contributed by atoms with Gasteiger partial charge < -0.3 is 30.4 Å². The number of piperidine rings is 1. The molecule has 7 rings (SSSR count). The highest BCUT2D eigenvalue weighted by Gasteiger charge is 2.30. The van der Waals surface area contributed by atoms with E-state index < -0.39 is 0 Å². The highest BCUT2D eigenvalue weighted by Crippen LogP contribution is 2.32. The number of anilines is 1. The molecule has 0 bridgehead atoms. The highest BCUT2D eigenvalue weighted by atomic mass is 16.5.